The summed E-state index contributed by atoms with van der Waals surface area (Å²) in [7, 11) is -3.14. The topological polar surface area (TPSA) is 73.5 Å². The number of carbonyl (C=O) groups excluding carboxylic acids is 1. The molecule has 122 valence electrons. The van der Waals surface area contributed by atoms with E-state index in [2.05, 4.69) is 4.98 Å². The van der Waals surface area contributed by atoms with Crippen molar-refractivity contribution in [2.24, 2.45) is 0 Å². The van der Waals surface area contributed by atoms with Gasteiger partial charge in [-0.25, -0.2) is 8.42 Å². The first kappa shape index (κ1) is 14.7. The van der Waals surface area contributed by atoms with Gasteiger partial charge in [0.25, 0.3) is 5.91 Å². The third-order valence-electron chi connectivity index (χ3n) is 4.65. The van der Waals surface area contributed by atoms with E-state index in [9.17, 15) is 13.2 Å². The Balaban J connectivity index is 1.49. The minimum absolute atomic E-state index is 0.0362. The van der Waals surface area contributed by atoms with Gasteiger partial charge in [-0.2, -0.15) is 4.31 Å². The van der Waals surface area contributed by atoms with Gasteiger partial charge in [-0.1, -0.05) is 18.2 Å². The van der Waals surface area contributed by atoms with Gasteiger partial charge in [0, 0.05) is 43.3 Å². The predicted molar refractivity (Wildman–Crippen MR) is 87.7 cm³/mol. The van der Waals surface area contributed by atoms with Crippen molar-refractivity contribution in [1.29, 1.82) is 0 Å². The lowest BCUT2D eigenvalue weighted by molar-refractivity contribution is 0.0700. The van der Waals surface area contributed by atoms with Crippen LogP contribution in [0.5, 0.6) is 0 Å². The van der Waals surface area contributed by atoms with Crippen molar-refractivity contribution >= 4 is 26.8 Å². The monoisotopic (exact) mass is 333 g/mol. The molecule has 1 amide bonds. The number of amides is 1. The van der Waals surface area contributed by atoms with Crippen molar-refractivity contribution in [3.05, 3.63) is 36.0 Å². The first-order chi connectivity index (χ1) is 11.1. The number of aromatic nitrogens is 1. The molecule has 1 aromatic carbocycles. The Labute approximate surface area is 135 Å². The van der Waals surface area contributed by atoms with E-state index in [1.807, 2.05) is 24.3 Å². The van der Waals surface area contributed by atoms with Gasteiger partial charge in [-0.15, -0.1) is 0 Å². The molecule has 1 saturated heterocycles. The molecule has 1 saturated carbocycles. The summed E-state index contributed by atoms with van der Waals surface area (Å²) in [6.45, 7) is 1.69. The van der Waals surface area contributed by atoms with Crippen molar-refractivity contribution in [2.75, 3.05) is 26.2 Å². The Morgan fingerprint density at radius 3 is 2.48 bits per heavy atom. The Morgan fingerprint density at radius 2 is 1.78 bits per heavy atom. The fourth-order valence-electron chi connectivity index (χ4n) is 3.14. The number of rotatable bonds is 3. The van der Waals surface area contributed by atoms with Gasteiger partial charge in [0.05, 0.1) is 10.8 Å². The highest BCUT2D eigenvalue weighted by atomic mass is 32.2. The van der Waals surface area contributed by atoms with Crippen molar-refractivity contribution < 1.29 is 13.2 Å². The number of para-hydroxylation sites is 1. The maximum atomic E-state index is 12.7. The second-order valence-electron chi connectivity index (χ2n) is 6.18. The predicted octanol–water partition coefficient (Wildman–Crippen LogP) is 1.42. The molecule has 2 aliphatic rings. The van der Waals surface area contributed by atoms with Crippen LogP contribution in [-0.2, 0) is 10.0 Å². The summed E-state index contributed by atoms with van der Waals surface area (Å²) in [5, 5.41) is 0.726. The SMILES string of the molecule is O=C(c1c[nH]c2ccccc12)N1CCN(S(=O)(=O)C2CC2)CC1. The van der Waals surface area contributed by atoms with Crippen molar-refractivity contribution in [1.82, 2.24) is 14.2 Å². The molecular weight excluding hydrogens is 314 g/mol. The minimum atomic E-state index is -3.14. The Hall–Kier alpha value is -1.86. The van der Waals surface area contributed by atoms with E-state index in [1.54, 1.807) is 15.4 Å². The van der Waals surface area contributed by atoms with Crippen molar-refractivity contribution in [2.45, 2.75) is 18.1 Å². The fraction of sp³-hybridized carbons (Fsp3) is 0.438. The number of sulfonamides is 1. The normalized spacial score (nSPS) is 20.1. The third kappa shape index (κ3) is 2.53. The van der Waals surface area contributed by atoms with Crippen LogP contribution in [0.1, 0.15) is 23.2 Å². The second-order valence-corrected chi connectivity index (χ2v) is 8.40. The number of H-pyrrole nitrogens is 1. The molecule has 7 heteroatoms. The quantitative estimate of drug-likeness (QED) is 0.923. The first-order valence-electron chi connectivity index (χ1n) is 7.92. The molecule has 0 unspecified atom stereocenters. The van der Waals surface area contributed by atoms with Gasteiger partial charge in [0.2, 0.25) is 10.0 Å². The zero-order valence-electron chi connectivity index (χ0n) is 12.7. The Bertz CT molecular complexity index is 846. The molecule has 1 aliphatic carbocycles. The van der Waals surface area contributed by atoms with Gasteiger partial charge >= 0.3 is 0 Å². The number of fused-ring (bicyclic) bond motifs is 1. The Kier molecular flexibility index (Phi) is 3.42. The zero-order chi connectivity index (χ0) is 16.0. The van der Waals surface area contributed by atoms with Crippen LogP contribution in [0.15, 0.2) is 30.5 Å². The smallest absolute Gasteiger partial charge is 0.256 e. The molecule has 0 bridgehead atoms. The van der Waals surface area contributed by atoms with Crippen LogP contribution in [0.25, 0.3) is 10.9 Å². The molecule has 1 aliphatic heterocycles. The summed E-state index contributed by atoms with van der Waals surface area (Å²) in [5.41, 5.74) is 1.59. The third-order valence-corrected chi connectivity index (χ3v) is 7.05. The van der Waals surface area contributed by atoms with Crippen LogP contribution >= 0.6 is 0 Å². The molecule has 1 N–H and O–H groups in total. The van der Waals surface area contributed by atoms with Crippen LogP contribution in [0, 0.1) is 0 Å². The molecule has 0 spiro atoms. The van der Waals surface area contributed by atoms with E-state index in [0.29, 0.717) is 31.7 Å². The van der Waals surface area contributed by atoms with Gasteiger partial charge in [0.1, 0.15) is 0 Å². The largest absolute Gasteiger partial charge is 0.360 e. The Morgan fingerprint density at radius 1 is 1.09 bits per heavy atom. The number of hydrogen-bond donors (Lipinski definition) is 1. The molecule has 6 nitrogen and oxygen atoms in total. The maximum Gasteiger partial charge on any atom is 0.256 e. The first-order valence-corrected chi connectivity index (χ1v) is 9.42. The second kappa shape index (κ2) is 5.35. The number of aromatic amines is 1. The molecular formula is C16H19N3O3S. The van der Waals surface area contributed by atoms with E-state index < -0.39 is 10.0 Å². The number of piperazine rings is 1. The summed E-state index contributed by atoms with van der Waals surface area (Å²) < 4.78 is 26.0. The van der Waals surface area contributed by atoms with Crippen LogP contribution in [0.3, 0.4) is 0 Å². The molecule has 4 rings (SSSR count). The number of nitrogens with one attached hydrogen (secondary N) is 1. The van der Waals surface area contributed by atoms with E-state index >= 15 is 0 Å². The lowest BCUT2D eigenvalue weighted by Gasteiger charge is -2.34. The number of hydrogen-bond acceptors (Lipinski definition) is 3. The molecule has 2 aromatic rings. The average molecular weight is 333 g/mol. The van der Waals surface area contributed by atoms with Gasteiger partial charge in [0.15, 0.2) is 0 Å². The lowest BCUT2D eigenvalue weighted by atomic mass is 10.1. The lowest BCUT2D eigenvalue weighted by Crippen LogP contribution is -2.51. The highest BCUT2D eigenvalue weighted by Gasteiger charge is 2.41. The van der Waals surface area contributed by atoms with Crippen LogP contribution < -0.4 is 0 Å². The minimum Gasteiger partial charge on any atom is -0.360 e. The molecule has 2 fully saturated rings. The van der Waals surface area contributed by atoms with E-state index in [0.717, 1.165) is 23.7 Å². The zero-order valence-corrected chi connectivity index (χ0v) is 13.6. The molecule has 2 heterocycles. The maximum absolute atomic E-state index is 12.7. The number of carbonyl (C=O) groups is 1. The summed E-state index contributed by atoms with van der Waals surface area (Å²) in [5.74, 6) is -0.0362. The summed E-state index contributed by atoms with van der Waals surface area (Å²) in [4.78, 5) is 17.6. The van der Waals surface area contributed by atoms with Crippen LogP contribution in [0.2, 0.25) is 0 Å². The average Bonchev–Trinajstić information content (AvgIpc) is 3.35. The molecule has 23 heavy (non-hydrogen) atoms. The highest BCUT2D eigenvalue weighted by Crippen LogP contribution is 2.31. The van der Waals surface area contributed by atoms with Crippen LogP contribution in [-0.4, -0.2) is 59.9 Å². The van der Waals surface area contributed by atoms with E-state index in [-0.39, 0.29) is 11.2 Å². The summed E-state index contributed by atoms with van der Waals surface area (Å²) in [6, 6.07) is 7.70. The molecule has 1 aromatic heterocycles. The van der Waals surface area contributed by atoms with Gasteiger partial charge in [-0.3, -0.25) is 4.79 Å². The number of benzene rings is 1. The summed E-state index contributed by atoms with van der Waals surface area (Å²) >= 11 is 0. The van der Waals surface area contributed by atoms with Crippen molar-refractivity contribution in [3.63, 3.8) is 0 Å². The van der Waals surface area contributed by atoms with Gasteiger partial charge in [-0.05, 0) is 18.9 Å². The van der Waals surface area contributed by atoms with E-state index in [4.69, 9.17) is 0 Å². The summed E-state index contributed by atoms with van der Waals surface area (Å²) in [6.07, 6.45) is 3.29. The molecule has 0 atom stereocenters. The van der Waals surface area contributed by atoms with Gasteiger partial charge < -0.3 is 9.88 Å². The van der Waals surface area contributed by atoms with Crippen molar-refractivity contribution in [3.8, 4) is 0 Å². The fourth-order valence-corrected chi connectivity index (χ4v) is 4.97. The highest BCUT2D eigenvalue weighted by molar-refractivity contribution is 7.90. The molecule has 0 radical (unpaired) electrons. The van der Waals surface area contributed by atoms with E-state index in [1.165, 1.54) is 0 Å². The van der Waals surface area contributed by atoms with Crippen LogP contribution in [0.4, 0.5) is 0 Å². The number of nitrogens with zero attached hydrogens (tertiary/aromatic N) is 2. The standard InChI is InChI=1S/C16H19N3O3S/c20-16(14-11-17-15-4-2-1-3-13(14)15)18-7-9-19(10-8-18)23(21,22)12-5-6-12/h1-4,11-12,17H,5-10H2.